The van der Waals surface area contributed by atoms with Crippen LogP contribution in [0.1, 0.15) is 17.5 Å². The number of aryl methyl sites for hydroxylation is 1. The molecule has 1 aliphatic carbocycles. The van der Waals surface area contributed by atoms with E-state index in [1.54, 1.807) is 12.3 Å². The van der Waals surface area contributed by atoms with E-state index >= 15 is 0 Å². The predicted molar refractivity (Wildman–Crippen MR) is 79.1 cm³/mol. The van der Waals surface area contributed by atoms with Gasteiger partial charge in [-0.15, -0.1) is 0 Å². The minimum absolute atomic E-state index is 0.111. The fraction of sp³-hybridized carbons (Fsp3) is 0.250. The van der Waals surface area contributed by atoms with Crippen LogP contribution in [-0.4, -0.2) is 16.8 Å². The van der Waals surface area contributed by atoms with Crippen LogP contribution >= 0.6 is 0 Å². The van der Waals surface area contributed by atoms with E-state index in [2.05, 4.69) is 11.1 Å². The van der Waals surface area contributed by atoms with E-state index in [9.17, 15) is 4.79 Å². The summed E-state index contributed by atoms with van der Waals surface area (Å²) < 4.78 is 0. The minimum Gasteiger partial charge on any atom is -0.384 e. The van der Waals surface area contributed by atoms with Crippen LogP contribution in [0.3, 0.4) is 0 Å². The molecular formula is C16H17N3O. The molecule has 1 aromatic heterocycles. The second-order valence-electron chi connectivity index (χ2n) is 5.20. The van der Waals surface area contributed by atoms with Crippen LogP contribution in [0.25, 0.3) is 11.1 Å². The van der Waals surface area contributed by atoms with Crippen LogP contribution in [0.4, 0.5) is 5.82 Å². The second-order valence-corrected chi connectivity index (χ2v) is 5.20. The number of fused-ring (bicyclic) bond motifs is 1. The third-order valence-electron chi connectivity index (χ3n) is 3.86. The first-order valence-electron chi connectivity index (χ1n) is 6.76. The first kappa shape index (κ1) is 12.8. The maximum atomic E-state index is 12.1. The molecule has 4 nitrogen and oxygen atoms in total. The third-order valence-corrected chi connectivity index (χ3v) is 3.86. The fourth-order valence-corrected chi connectivity index (χ4v) is 2.69. The van der Waals surface area contributed by atoms with Crippen molar-refractivity contribution in [1.82, 2.24) is 4.98 Å². The van der Waals surface area contributed by atoms with E-state index in [4.69, 9.17) is 11.5 Å². The van der Waals surface area contributed by atoms with Crippen molar-refractivity contribution in [2.24, 2.45) is 5.73 Å². The van der Waals surface area contributed by atoms with Crippen molar-refractivity contribution < 1.29 is 4.79 Å². The predicted octanol–water partition coefficient (Wildman–Crippen LogP) is 1.72. The molecule has 0 saturated heterocycles. The molecule has 2 aromatic rings. The van der Waals surface area contributed by atoms with Gasteiger partial charge in [0.2, 0.25) is 0 Å². The largest absolute Gasteiger partial charge is 0.384 e. The Morgan fingerprint density at radius 1 is 1.20 bits per heavy atom. The van der Waals surface area contributed by atoms with E-state index in [1.165, 1.54) is 5.56 Å². The Bertz CT molecular complexity index is 649. The number of ketones is 1. The van der Waals surface area contributed by atoms with E-state index < -0.39 is 0 Å². The zero-order chi connectivity index (χ0) is 14.1. The Labute approximate surface area is 117 Å². The van der Waals surface area contributed by atoms with Gasteiger partial charge in [-0.05, 0) is 41.7 Å². The molecule has 1 atom stereocenters. The molecule has 0 aliphatic heterocycles. The number of hydrogen-bond donors (Lipinski definition) is 2. The molecule has 0 bridgehead atoms. The first-order valence-corrected chi connectivity index (χ1v) is 6.76. The summed E-state index contributed by atoms with van der Waals surface area (Å²) >= 11 is 0. The molecule has 1 heterocycles. The van der Waals surface area contributed by atoms with Gasteiger partial charge in [0.05, 0.1) is 6.04 Å². The minimum atomic E-state index is -0.347. The molecule has 0 amide bonds. The van der Waals surface area contributed by atoms with Gasteiger partial charge in [-0.1, -0.05) is 18.2 Å². The van der Waals surface area contributed by atoms with Gasteiger partial charge in [0.1, 0.15) is 5.82 Å². The van der Waals surface area contributed by atoms with Crippen molar-refractivity contribution in [3.63, 3.8) is 0 Å². The number of Topliss-reactive ketones (excluding diaryl/α,β-unsaturated/α-hetero) is 1. The van der Waals surface area contributed by atoms with Gasteiger partial charge in [0, 0.05) is 18.2 Å². The highest BCUT2D eigenvalue weighted by Crippen LogP contribution is 2.29. The summed E-state index contributed by atoms with van der Waals surface area (Å²) in [6.45, 7) is 0. The van der Waals surface area contributed by atoms with E-state index in [-0.39, 0.29) is 11.8 Å². The van der Waals surface area contributed by atoms with Crippen LogP contribution in [0.5, 0.6) is 0 Å². The maximum Gasteiger partial charge on any atom is 0.153 e. The second kappa shape index (κ2) is 5.06. The van der Waals surface area contributed by atoms with Crippen molar-refractivity contribution in [2.75, 3.05) is 5.73 Å². The van der Waals surface area contributed by atoms with Gasteiger partial charge in [0.25, 0.3) is 0 Å². The highest BCUT2D eigenvalue weighted by Gasteiger charge is 2.22. The van der Waals surface area contributed by atoms with Gasteiger partial charge in [0.15, 0.2) is 5.78 Å². The average Bonchev–Trinajstić information content (AvgIpc) is 2.60. The molecule has 4 N–H and O–H groups in total. The zero-order valence-electron chi connectivity index (χ0n) is 11.2. The van der Waals surface area contributed by atoms with Crippen LogP contribution in [-0.2, 0) is 17.6 Å². The number of rotatable bonds is 1. The molecule has 0 fully saturated rings. The molecule has 1 aromatic carbocycles. The molecular weight excluding hydrogens is 250 g/mol. The van der Waals surface area contributed by atoms with Crippen molar-refractivity contribution in [2.45, 2.75) is 25.3 Å². The average molecular weight is 267 g/mol. The number of hydrogen-bond acceptors (Lipinski definition) is 4. The Morgan fingerprint density at radius 3 is 2.80 bits per heavy atom. The number of anilines is 1. The number of nitrogen functional groups attached to an aromatic ring is 1. The van der Waals surface area contributed by atoms with Crippen LogP contribution in [0, 0.1) is 0 Å². The van der Waals surface area contributed by atoms with E-state index in [0.717, 1.165) is 29.5 Å². The highest BCUT2D eigenvalue weighted by molar-refractivity contribution is 5.89. The lowest BCUT2D eigenvalue weighted by molar-refractivity contribution is -0.119. The molecule has 20 heavy (non-hydrogen) atoms. The summed E-state index contributed by atoms with van der Waals surface area (Å²) in [5.74, 6) is 0.605. The molecule has 3 rings (SSSR count). The fourth-order valence-electron chi connectivity index (χ4n) is 2.69. The summed E-state index contributed by atoms with van der Waals surface area (Å²) in [6.07, 6.45) is 3.71. The van der Waals surface area contributed by atoms with Crippen LogP contribution in [0.2, 0.25) is 0 Å². The lowest BCUT2D eigenvalue weighted by atomic mass is 9.93. The van der Waals surface area contributed by atoms with Crippen LogP contribution < -0.4 is 11.5 Å². The normalized spacial score (nSPS) is 18.4. The van der Waals surface area contributed by atoms with E-state index in [0.29, 0.717) is 12.2 Å². The van der Waals surface area contributed by atoms with E-state index in [1.807, 2.05) is 18.2 Å². The number of nitrogens with zero attached hydrogens (tertiary/aromatic N) is 1. The van der Waals surface area contributed by atoms with Crippen molar-refractivity contribution in [3.8, 4) is 11.1 Å². The monoisotopic (exact) mass is 267 g/mol. The standard InChI is InChI=1S/C16H17N3O/c17-14-6-4-10-2-1-3-12(13(10)8-15(14)20)11-5-7-16(18)19-9-11/h1-3,5,7,9,14H,4,6,8,17H2,(H2,18,19). The molecule has 0 saturated carbocycles. The summed E-state index contributed by atoms with van der Waals surface area (Å²) in [4.78, 5) is 16.2. The summed E-state index contributed by atoms with van der Waals surface area (Å²) in [7, 11) is 0. The smallest absolute Gasteiger partial charge is 0.153 e. The molecule has 0 radical (unpaired) electrons. The molecule has 0 spiro atoms. The number of aromatic nitrogens is 1. The Balaban J connectivity index is 2.10. The number of nitrogens with two attached hydrogens (primary N) is 2. The van der Waals surface area contributed by atoms with Gasteiger partial charge >= 0.3 is 0 Å². The number of carbonyl (C=O) groups is 1. The topological polar surface area (TPSA) is 82.0 Å². The Hall–Kier alpha value is -2.20. The van der Waals surface area contributed by atoms with Crippen molar-refractivity contribution in [3.05, 3.63) is 47.7 Å². The quantitative estimate of drug-likeness (QED) is 0.771. The third kappa shape index (κ3) is 2.30. The first-order chi connectivity index (χ1) is 9.65. The molecule has 1 aliphatic rings. The summed E-state index contributed by atoms with van der Waals surface area (Å²) in [5.41, 5.74) is 15.8. The number of benzene rings is 1. The SMILES string of the molecule is Nc1ccc(-c2cccc3c2CC(=O)C(N)CC3)cn1. The van der Waals surface area contributed by atoms with Crippen LogP contribution in [0.15, 0.2) is 36.5 Å². The van der Waals surface area contributed by atoms with Gasteiger partial charge in [-0.2, -0.15) is 0 Å². The highest BCUT2D eigenvalue weighted by atomic mass is 16.1. The lowest BCUT2D eigenvalue weighted by Crippen LogP contribution is -2.30. The maximum absolute atomic E-state index is 12.1. The van der Waals surface area contributed by atoms with Crippen molar-refractivity contribution >= 4 is 11.6 Å². The zero-order valence-corrected chi connectivity index (χ0v) is 11.2. The van der Waals surface area contributed by atoms with Gasteiger partial charge in [-0.3, -0.25) is 4.79 Å². The number of pyridine rings is 1. The van der Waals surface area contributed by atoms with Gasteiger partial charge in [-0.25, -0.2) is 4.98 Å². The summed E-state index contributed by atoms with van der Waals surface area (Å²) in [5, 5.41) is 0. The van der Waals surface area contributed by atoms with Crippen molar-refractivity contribution in [1.29, 1.82) is 0 Å². The summed E-state index contributed by atoms with van der Waals surface area (Å²) in [6, 6.07) is 9.49. The number of carbonyl (C=O) groups excluding carboxylic acids is 1. The Morgan fingerprint density at radius 2 is 2.05 bits per heavy atom. The molecule has 102 valence electrons. The molecule has 4 heteroatoms. The Kier molecular flexibility index (Phi) is 3.24. The molecule has 1 unspecified atom stereocenters. The lowest BCUT2D eigenvalue weighted by Gasteiger charge is -2.12. The van der Waals surface area contributed by atoms with Gasteiger partial charge < -0.3 is 11.5 Å².